The SMILES string of the molecule is C=CC(=O)NC1=NCCN1. The highest BCUT2D eigenvalue weighted by molar-refractivity contribution is 6.02. The third-order valence-corrected chi connectivity index (χ3v) is 1.10. The van der Waals surface area contributed by atoms with Gasteiger partial charge in [0.1, 0.15) is 0 Å². The normalized spacial score (nSPS) is 15.4. The van der Waals surface area contributed by atoms with E-state index in [9.17, 15) is 4.79 Å². The molecule has 0 saturated heterocycles. The summed E-state index contributed by atoms with van der Waals surface area (Å²) < 4.78 is 0. The van der Waals surface area contributed by atoms with Crippen LogP contribution in [0, 0.1) is 0 Å². The van der Waals surface area contributed by atoms with Crippen molar-refractivity contribution in [3.8, 4) is 0 Å². The fourth-order valence-electron chi connectivity index (χ4n) is 0.649. The van der Waals surface area contributed by atoms with Crippen molar-refractivity contribution in [2.24, 2.45) is 4.99 Å². The fourth-order valence-corrected chi connectivity index (χ4v) is 0.649. The van der Waals surface area contributed by atoms with Gasteiger partial charge in [-0.3, -0.25) is 15.1 Å². The maximum absolute atomic E-state index is 10.6. The minimum atomic E-state index is -0.229. The molecular formula is C6H9N3O. The molecule has 0 aromatic rings. The molecule has 0 bridgehead atoms. The molecule has 0 aromatic carbocycles. The number of rotatable bonds is 1. The van der Waals surface area contributed by atoms with Crippen LogP contribution in [0.3, 0.4) is 0 Å². The van der Waals surface area contributed by atoms with Gasteiger partial charge in [0.2, 0.25) is 5.91 Å². The lowest BCUT2D eigenvalue weighted by Gasteiger charge is -1.99. The largest absolute Gasteiger partial charge is 0.354 e. The lowest BCUT2D eigenvalue weighted by atomic mass is 10.6. The quantitative estimate of drug-likeness (QED) is 0.469. The van der Waals surface area contributed by atoms with Gasteiger partial charge in [-0.25, -0.2) is 0 Å². The van der Waals surface area contributed by atoms with E-state index in [0.29, 0.717) is 5.96 Å². The smallest absolute Gasteiger partial charge is 0.250 e. The molecule has 10 heavy (non-hydrogen) atoms. The average molecular weight is 139 g/mol. The summed E-state index contributed by atoms with van der Waals surface area (Å²) in [4.78, 5) is 14.6. The van der Waals surface area contributed by atoms with Gasteiger partial charge in [-0.15, -0.1) is 0 Å². The minimum Gasteiger partial charge on any atom is -0.354 e. The molecule has 0 spiro atoms. The van der Waals surface area contributed by atoms with Crippen LogP contribution in [-0.2, 0) is 4.79 Å². The van der Waals surface area contributed by atoms with Crippen molar-refractivity contribution in [3.05, 3.63) is 12.7 Å². The Hall–Kier alpha value is -1.32. The van der Waals surface area contributed by atoms with Crippen molar-refractivity contribution >= 4 is 11.9 Å². The second-order valence-electron chi connectivity index (χ2n) is 1.85. The molecule has 1 heterocycles. The molecule has 1 aliphatic rings. The summed E-state index contributed by atoms with van der Waals surface area (Å²) in [6.07, 6.45) is 1.21. The van der Waals surface area contributed by atoms with E-state index in [4.69, 9.17) is 0 Å². The van der Waals surface area contributed by atoms with Gasteiger partial charge in [0.25, 0.3) is 0 Å². The number of hydrogen-bond donors (Lipinski definition) is 2. The summed E-state index contributed by atoms with van der Waals surface area (Å²) >= 11 is 0. The molecule has 0 aliphatic carbocycles. The van der Waals surface area contributed by atoms with Gasteiger partial charge in [-0.2, -0.15) is 0 Å². The minimum absolute atomic E-state index is 0.229. The van der Waals surface area contributed by atoms with Crippen molar-refractivity contribution in [2.45, 2.75) is 0 Å². The standard InChI is InChI=1S/C6H9N3O/c1-2-5(10)9-6-7-3-4-8-6/h2H,1,3-4H2,(H2,7,8,9,10). The number of amides is 1. The summed E-state index contributed by atoms with van der Waals surface area (Å²) in [5.41, 5.74) is 0. The van der Waals surface area contributed by atoms with Gasteiger partial charge < -0.3 is 5.32 Å². The van der Waals surface area contributed by atoms with Gasteiger partial charge in [0.15, 0.2) is 5.96 Å². The number of hydrogen-bond acceptors (Lipinski definition) is 3. The Balaban J connectivity index is 2.37. The number of guanidine groups is 1. The summed E-state index contributed by atoms with van der Waals surface area (Å²) in [5.74, 6) is 0.318. The molecule has 4 nitrogen and oxygen atoms in total. The summed E-state index contributed by atoms with van der Waals surface area (Å²) in [7, 11) is 0. The molecule has 0 aromatic heterocycles. The zero-order valence-electron chi connectivity index (χ0n) is 5.55. The average Bonchev–Trinajstić information content (AvgIpc) is 2.40. The highest BCUT2D eigenvalue weighted by Crippen LogP contribution is 1.80. The third-order valence-electron chi connectivity index (χ3n) is 1.10. The molecule has 54 valence electrons. The van der Waals surface area contributed by atoms with Crippen LogP contribution in [0.25, 0.3) is 0 Å². The first-order valence-corrected chi connectivity index (χ1v) is 3.04. The number of nitrogens with one attached hydrogen (secondary N) is 2. The molecule has 1 aliphatic heterocycles. The Morgan fingerprint density at radius 3 is 3.20 bits per heavy atom. The molecule has 0 radical (unpaired) electrons. The highest BCUT2D eigenvalue weighted by atomic mass is 16.1. The first kappa shape index (κ1) is 6.80. The second kappa shape index (κ2) is 3.00. The van der Waals surface area contributed by atoms with E-state index >= 15 is 0 Å². The van der Waals surface area contributed by atoms with Gasteiger partial charge in [-0.05, 0) is 6.08 Å². The van der Waals surface area contributed by atoms with Crippen molar-refractivity contribution in [2.75, 3.05) is 13.1 Å². The zero-order chi connectivity index (χ0) is 7.40. The van der Waals surface area contributed by atoms with E-state index in [-0.39, 0.29) is 5.91 Å². The van der Waals surface area contributed by atoms with E-state index in [2.05, 4.69) is 22.2 Å². The Bertz CT molecular complexity index is 185. The van der Waals surface area contributed by atoms with E-state index in [1.807, 2.05) is 0 Å². The van der Waals surface area contributed by atoms with Gasteiger partial charge in [0, 0.05) is 6.54 Å². The Labute approximate surface area is 59.0 Å². The van der Waals surface area contributed by atoms with Crippen LogP contribution in [0.4, 0.5) is 0 Å². The number of carbonyl (C=O) groups excluding carboxylic acids is 1. The molecule has 4 heteroatoms. The van der Waals surface area contributed by atoms with E-state index in [0.717, 1.165) is 13.1 Å². The second-order valence-corrected chi connectivity index (χ2v) is 1.85. The number of nitrogens with zero attached hydrogens (tertiary/aromatic N) is 1. The predicted octanol–water partition coefficient (Wildman–Crippen LogP) is -0.752. The van der Waals surface area contributed by atoms with Crippen molar-refractivity contribution in [1.82, 2.24) is 10.6 Å². The van der Waals surface area contributed by atoms with E-state index in [1.165, 1.54) is 6.08 Å². The molecule has 0 saturated carbocycles. The molecule has 0 fully saturated rings. The molecular weight excluding hydrogens is 130 g/mol. The van der Waals surface area contributed by atoms with Gasteiger partial charge in [-0.1, -0.05) is 6.58 Å². The van der Waals surface area contributed by atoms with Crippen molar-refractivity contribution < 1.29 is 4.79 Å². The molecule has 0 unspecified atom stereocenters. The van der Waals surface area contributed by atoms with Crippen molar-refractivity contribution in [1.29, 1.82) is 0 Å². The van der Waals surface area contributed by atoms with Crippen LogP contribution in [0.2, 0.25) is 0 Å². The molecule has 1 rings (SSSR count). The number of aliphatic imine (C=N–C) groups is 1. The first-order valence-electron chi connectivity index (χ1n) is 3.04. The van der Waals surface area contributed by atoms with E-state index in [1.54, 1.807) is 0 Å². The number of carbonyl (C=O) groups is 1. The van der Waals surface area contributed by atoms with Crippen molar-refractivity contribution in [3.63, 3.8) is 0 Å². The maximum atomic E-state index is 10.6. The van der Waals surface area contributed by atoms with Crippen LogP contribution in [-0.4, -0.2) is 25.0 Å². The van der Waals surface area contributed by atoms with E-state index < -0.39 is 0 Å². The highest BCUT2D eigenvalue weighted by Gasteiger charge is 2.05. The summed E-state index contributed by atoms with van der Waals surface area (Å²) in [6, 6.07) is 0. The topological polar surface area (TPSA) is 53.5 Å². The summed E-state index contributed by atoms with van der Waals surface area (Å²) in [5, 5.41) is 5.40. The fraction of sp³-hybridized carbons (Fsp3) is 0.333. The lowest BCUT2D eigenvalue weighted by molar-refractivity contribution is -0.115. The Morgan fingerprint density at radius 2 is 2.70 bits per heavy atom. The predicted molar refractivity (Wildman–Crippen MR) is 38.6 cm³/mol. The molecule has 0 atom stereocenters. The van der Waals surface area contributed by atoms with Crippen LogP contribution in [0.1, 0.15) is 0 Å². The maximum Gasteiger partial charge on any atom is 0.250 e. The monoisotopic (exact) mass is 139 g/mol. The Morgan fingerprint density at radius 1 is 1.90 bits per heavy atom. The molecule has 2 N–H and O–H groups in total. The first-order chi connectivity index (χ1) is 4.83. The van der Waals surface area contributed by atoms with Crippen LogP contribution in [0.5, 0.6) is 0 Å². The molecule has 1 amide bonds. The summed E-state index contributed by atoms with van der Waals surface area (Å²) in [6.45, 7) is 4.84. The Kier molecular flexibility index (Phi) is 2.04. The van der Waals surface area contributed by atoms with Crippen LogP contribution < -0.4 is 10.6 Å². The van der Waals surface area contributed by atoms with Gasteiger partial charge >= 0.3 is 0 Å². The van der Waals surface area contributed by atoms with Gasteiger partial charge in [0.05, 0.1) is 6.54 Å². The zero-order valence-corrected chi connectivity index (χ0v) is 5.55. The lowest BCUT2D eigenvalue weighted by Crippen LogP contribution is -2.37. The van der Waals surface area contributed by atoms with Crippen LogP contribution >= 0.6 is 0 Å². The third kappa shape index (κ3) is 1.58. The van der Waals surface area contributed by atoms with Crippen LogP contribution in [0.15, 0.2) is 17.6 Å².